The van der Waals surface area contributed by atoms with Gasteiger partial charge < -0.3 is 0 Å². The van der Waals surface area contributed by atoms with Crippen LogP contribution in [0.5, 0.6) is 0 Å². The van der Waals surface area contributed by atoms with Crippen LogP contribution in [0.4, 0.5) is 0 Å². The van der Waals surface area contributed by atoms with Crippen LogP contribution in [-0.2, 0) is 0 Å². The van der Waals surface area contributed by atoms with Gasteiger partial charge in [-0.3, -0.25) is 0 Å². The molecule has 2 heteroatoms. The van der Waals surface area contributed by atoms with Crippen LogP contribution in [0, 0.1) is 0 Å². The van der Waals surface area contributed by atoms with Crippen LogP contribution >= 0.6 is 27.5 Å². The van der Waals surface area contributed by atoms with Gasteiger partial charge in [0.05, 0.1) is 0 Å². The first kappa shape index (κ1) is 10.1. The van der Waals surface area contributed by atoms with Crippen LogP contribution in [0.1, 0.15) is 24.8 Å². The molecule has 0 saturated heterocycles. The van der Waals surface area contributed by atoms with E-state index < -0.39 is 0 Å². The van der Waals surface area contributed by atoms with Crippen molar-refractivity contribution in [1.82, 2.24) is 0 Å². The van der Waals surface area contributed by atoms with Gasteiger partial charge in [-0.05, 0) is 24.0 Å². The van der Waals surface area contributed by atoms with Gasteiger partial charge in [-0.15, -0.1) is 11.6 Å². The molecular formula is C10H12BrCl. The fourth-order valence-electron chi connectivity index (χ4n) is 1.19. The normalized spacial score (nSPS) is 12.9. The maximum Gasteiger partial charge on any atom is 0.0229 e. The topological polar surface area (TPSA) is 0 Å². The van der Waals surface area contributed by atoms with Crippen molar-refractivity contribution in [3.05, 3.63) is 34.3 Å². The largest absolute Gasteiger partial charge is 0.127 e. The van der Waals surface area contributed by atoms with Crippen molar-refractivity contribution < 1.29 is 0 Å². The van der Waals surface area contributed by atoms with Gasteiger partial charge in [0.2, 0.25) is 0 Å². The van der Waals surface area contributed by atoms with Crippen LogP contribution in [0.2, 0.25) is 0 Å². The second kappa shape index (κ2) is 4.88. The lowest BCUT2D eigenvalue weighted by molar-refractivity contribution is 0.735. The van der Waals surface area contributed by atoms with Crippen molar-refractivity contribution in [2.45, 2.75) is 19.3 Å². The van der Waals surface area contributed by atoms with E-state index in [2.05, 4.69) is 41.1 Å². The third-order valence-corrected chi connectivity index (χ3v) is 2.92. The van der Waals surface area contributed by atoms with Crippen LogP contribution in [0.15, 0.2) is 28.7 Å². The molecule has 1 unspecified atom stereocenters. The highest BCUT2D eigenvalue weighted by molar-refractivity contribution is 9.10. The van der Waals surface area contributed by atoms with Crippen LogP contribution in [0.25, 0.3) is 0 Å². The second-order valence-electron chi connectivity index (χ2n) is 2.90. The molecule has 0 saturated carbocycles. The Kier molecular flexibility index (Phi) is 4.10. The highest BCUT2D eigenvalue weighted by atomic mass is 79.9. The highest BCUT2D eigenvalue weighted by Gasteiger charge is 2.06. The van der Waals surface area contributed by atoms with Gasteiger partial charge in [-0.25, -0.2) is 0 Å². The third kappa shape index (κ3) is 2.49. The van der Waals surface area contributed by atoms with Crippen LogP contribution in [0.3, 0.4) is 0 Å². The molecule has 0 N–H and O–H groups in total. The Hall–Kier alpha value is -0.0100. The van der Waals surface area contributed by atoms with Gasteiger partial charge in [0.1, 0.15) is 0 Å². The molecule has 12 heavy (non-hydrogen) atoms. The number of hydrogen-bond donors (Lipinski definition) is 0. The molecule has 0 spiro atoms. The molecule has 1 rings (SSSR count). The summed E-state index contributed by atoms with van der Waals surface area (Å²) in [7, 11) is 0. The summed E-state index contributed by atoms with van der Waals surface area (Å²) in [5.74, 6) is 1.26. The first-order valence-electron chi connectivity index (χ1n) is 4.06. The molecule has 1 atom stereocenters. The molecule has 0 aliphatic heterocycles. The predicted octanol–water partition coefficient (Wildman–Crippen LogP) is 4.18. The molecule has 0 fully saturated rings. The number of hydrogen-bond acceptors (Lipinski definition) is 0. The number of alkyl halides is 1. The van der Waals surface area contributed by atoms with Gasteiger partial charge in [0.25, 0.3) is 0 Å². The fraction of sp³-hybridized carbons (Fsp3) is 0.400. The Morgan fingerprint density at radius 2 is 2.08 bits per heavy atom. The van der Waals surface area contributed by atoms with E-state index in [-0.39, 0.29) is 0 Å². The van der Waals surface area contributed by atoms with Crippen LogP contribution in [-0.4, -0.2) is 5.88 Å². The number of rotatable bonds is 3. The zero-order valence-electron chi connectivity index (χ0n) is 7.06. The maximum atomic E-state index is 5.68. The lowest BCUT2D eigenvalue weighted by atomic mass is 9.99. The molecule has 0 aromatic heterocycles. The molecule has 0 aliphatic carbocycles. The molecule has 1 aromatic rings. The summed E-state index contributed by atoms with van der Waals surface area (Å²) >= 11 is 9.21. The molecule has 66 valence electrons. The van der Waals surface area contributed by atoms with Crippen molar-refractivity contribution in [1.29, 1.82) is 0 Å². The lowest BCUT2D eigenvalue weighted by Crippen LogP contribution is -1.94. The van der Waals surface area contributed by atoms with E-state index in [0.29, 0.717) is 5.92 Å². The fourth-order valence-corrected chi connectivity index (χ4v) is 2.20. The molecule has 0 radical (unpaired) electrons. The molecule has 1 aromatic carbocycles. The zero-order valence-corrected chi connectivity index (χ0v) is 9.40. The zero-order chi connectivity index (χ0) is 8.97. The van der Waals surface area contributed by atoms with E-state index in [1.54, 1.807) is 0 Å². The van der Waals surface area contributed by atoms with E-state index in [1.807, 2.05) is 6.07 Å². The average molecular weight is 248 g/mol. The molecule has 0 heterocycles. The summed E-state index contributed by atoms with van der Waals surface area (Å²) in [5.41, 5.74) is 1.35. The molecule has 0 nitrogen and oxygen atoms in total. The summed E-state index contributed by atoms with van der Waals surface area (Å²) in [4.78, 5) is 0. The SMILES string of the molecule is CC(CCCl)c1ccccc1Br. The summed E-state index contributed by atoms with van der Waals surface area (Å²) < 4.78 is 1.18. The van der Waals surface area contributed by atoms with Crippen molar-refractivity contribution >= 4 is 27.5 Å². The minimum atomic E-state index is 0.540. The van der Waals surface area contributed by atoms with E-state index >= 15 is 0 Å². The number of halogens is 2. The van der Waals surface area contributed by atoms with Gasteiger partial charge in [-0.2, -0.15) is 0 Å². The van der Waals surface area contributed by atoms with E-state index in [0.717, 1.165) is 12.3 Å². The minimum absolute atomic E-state index is 0.540. The van der Waals surface area contributed by atoms with E-state index in [9.17, 15) is 0 Å². The standard InChI is InChI=1S/C10H12BrCl/c1-8(6-7-12)9-4-2-3-5-10(9)11/h2-5,8H,6-7H2,1H3. The first-order valence-corrected chi connectivity index (χ1v) is 5.39. The maximum absolute atomic E-state index is 5.68. The monoisotopic (exact) mass is 246 g/mol. The Morgan fingerprint density at radius 3 is 2.67 bits per heavy atom. The highest BCUT2D eigenvalue weighted by Crippen LogP contribution is 2.26. The predicted molar refractivity (Wildman–Crippen MR) is 57.9 cm³/mol. The Balaban J connectivity index is 2.79. The Labute approximate surface area is 87.1 Å². The van der Waals surface area contributed by atoms with Crippen molar-refractivity contribution in [2.24, 2.45) is 0 Å². The Morgan fingerprint density at radius 1 is 1.42 bits per heavy atom. The molecular weight excluding hydrogens is 235 g/mol. The summed E-state index contributed by atoms with van der Waals surface area (Å²) in [5, 5.41) is 0. The van der Waals surface area contributed by atoms with Gasteiger partial charge in [0, 0.05) is 10.4 Å². The minimum Gasteiger partial charge on any atom is -0.127 e. The van der Waals surface area contributed by atoms with Crippen molar-refractivity contribution in [3.63, 3.8) is 0 Å². The molecule has 0 aliphatic rings. The number of benzene rings is 1. The van der Waals surface area contributed by atoms with E-state index in [1.165, 1.54) is 10.0 Å². The van der Waals surface area contributed by atoms with Crippen molar-refractivity contribution in [2.75, 3.05) is 5.88 Å². The second-order valence-corrected chi connectivity index (χ2v) is 4.13. The smallest absolute Gasteiger partial charge is 0.0229 e. The lowest BCUT2D eigenvalue weighted by Gasteiger charge is -2.11. The van der Waals surface area contributed by atoms with Gasteiger partial charge in [0.15, 0.2) is 0 Å². The molecule has 0 amide bonds. The van der Waals surface area contributed by atoms with Gasteiger partial charge >= 0.3 is 0 Å². The van der Waals surface area contributed by atoms with Crippen molar-refractivity contribution in [3.8, 4) is 0 Å². The van der Waals surface area contributed by atoms with Gasteiger partial charge in [-0.1, -0.05) is 41.1 Å². The summed E-state index contributed by atoms with van der Waals surface area (Å²) in [6.07, 6.45) is 1.03. The van der Waals surface area contributed by atoms with E-state index in [4.69, 9.17) is 11.6 Å². The first-order chi connectivity index (χ1) is 5.75. The quantitative estimate of drug-likeness (QED) is 0.703. The third-order valence-electron chi connectivity index (χ3n) is 1.98. The average Bonchev–Trinajstić information content (AvgIpc) is 2.05. The summed E-state index contributed by atoms with van der Waals surface area (Å²) in [6.45, 7) is 2.20. The Bertz CT molecular complexity index is 247. The molecule has 0 bridgehead atoms. The van der Waals surface area contributed by atoms with Crippen LogP contribution < -0.4 is 0 Å². The summed E-state index contributed by atoms with van der Waals surface area (Å²) in [6, 6.07) is 8.30.